The van der Waals surface area contributed by atoms with Crippen molar-refractivity contribution in [2.75, 3.05) is 6.61 Å². The van der Waals surface area contributed by atoms with Gasteiger partial charge in [-0.3, -0.25) is 0 Å². The molecule has 1 aromatic carbocycles. The number of nitrogens with one attached hydrogen (secondary N) is 1. The van der Waals surface area contributed by atoms with Crippen LogP contribution in [0.5, 0.6) is 0 Å². The molecule has 3 N–H and O–H groups in total. The Bertz CT molecular complexity index is 287. The Morgan fingerprint density at radius 3 is 2.50 bits per heavy atom. The summed E-state index contributed by atoms with van der Waals surface area (Å²) in [7, 11) is 0. The summed E-state index contributed by atoms with van der Waals surface area (Å²) in [5.41, 5.74) is 0.865. The zero-order valence-corrected chi connectivity index (χ0v) is 7.68. The maximum Gasteiger partial charge on any atom is 0.405 e. The molecule has 1 atom stereocenters. The predicted molar refractivity (Wildman–Crippen MR) is 52.0 cm³/mol. The first-order chi connectivity index (χ1) is 6.74. The zero-order valence-electron chi connectivity index (χ0n) is 7.68. The molecule has 0 saturated heterocycles. The minimum Gasteiger partial charge on any atom is -0.465 e. The first-order valence-electron chi connectivity index (χ1n) is 4.39. The molecule has 76 valence electrons. The zero-order chi connectivity index (χ0) is 10.4. The Morgan fingerprint density at radius 1 is 1.36 bits per heavy atom. The SMILES string of the molecule is O=C(O)NC(CCO)c1ccccc1. The summed E-state index contributed by atoms with van der Waals surface area (Å²) < 4.78 is 0. The molecule has 0 aromatic heterocycles. The summed E-state index contributed by atoms with van der Waals surface area (Å²) in [6.45, 7) is -0.0418. The average molecular weight is 195 g/mol. The summed E-state index contributed by atoms with van der Waals surface area (Å²) in [4.78, 5) is 10.5. The molecule has 0 radical (unpaired) electrons. The van der Waals surface area contributed by atoms with Crippen molar-refractivity contribution in [3.8, 4) is 0 Å². The Hall–Kier alpha value is -1.55. The average Bonchev–Trinajstić information content (AvgIpc) is 2.18. The van der Waals surface area contributed by atoms with Crippen molar-refractivity contribution in [1.82, 2.24) is 5.32 Å². The van der Waals surface area contributed by atoms with Gasteiger partial charge in [-0.05, 0) is 12.0 Å². The number of carboxylic acid groups (broad SMARTS) is 1. The van der Waals surface area contributed by atoms with Crippen molar-refractivity contribution in [2.45, 2.75) is 12.5 Å². The van der Waals surface area contributed by atoms with Crippen molar-refractivity contribution in [1.29, 1.82) is 0 Å². The number of aliphatic hydroxyl groups excluding tert-OH is 1. The molecule has 1 amide bonds. The van der Waals surface area contributed by atoms with E-state index in [0.29, 0.717) is 6.42 Å². The molecular formula is C10H13NO3. The third-order valence-corrected chi connectivity index (χ3v) is 1.92. The van der Waals surface area contributed by atoms with Crippen LogP contribution in [0.4, 0.5) is 4.79 Å². The smallest absolute Gasteiger partial charge is 0.405 e. The van der Waals surface area contributed by atoms with E-state index in [2.05, 4.69) is 5.32 Å². The van der Waals surface area contributed by atoms with Gasteiger partial charge in [0, 0.05) is 6.61 Å². The molecule has 0 saturated carbocycles. The van der Waals surface area contributed by atoms with Gasteiger partial charge in [-0.2, -0.15) is 0 Å². The van der Waals surface area contributed by atoms with Gasteiger partial charge in [0.2, 0.25) is 0 Å². The second-order valence-corrected chi connectivity index (χ2v) is 2.93. The molecule has 4 heteroatoms. The van der Waals surface area contributed by atoms with E-state index in [9.17, 15) is 4.79 Å². The third-order valence-electron chi connectivity index (χ3n) is 1.92. The Morgan fingerprint density at radius 2 is 2.00 bits per heavy atom. The lowest BCUT2D eigenvalue weighted by molar-refractivity contribution is 0.185. The van der Waals surface area contributed by atoms with E-state index in [1.807, 2.05) is 30.3 Å². The summed E-state index contributed by atoms with van der Waals surface area (Å²) in [5.74, 6) is 0. The number of hydrogen-bond donors (Lipinski definition) is 3. The fourth-order valence-corrected chi connectivity index (χ4v) is 1.29. The molecule has 0 aliphatic carbocycles. The van der Waals surface area contributed by atoms with Gasteiger partial charge in [-0.15, -0.1) is 0 Å². The van der Waals surface area contributed by atoms with E-state index in [1.165, 1.54) is 0 Å². The van der Waals surface area contributed by atoms with Crippen LogP contribution in [0.3, 0.4) is 0 Å². The molecule has 0 bridgehead atoms. The molecule has 0 fully saturated rings. The number of hydrogen-bond acceptors (Lipinski definition) is 2. The van der Waals surface area contributed by atoms with Crippen molar-refractivity contribution < 1.29 is 15.0 Å². The molecule has 0 aliphatic heterocycles. The van der Waals surface area contributed by atoms with E-state index < -0.39 is 6.09 Å². The van der Waals surface area contributed by atoms with Crippen LogP contribution < -0.4 is 5.32 Å². The number of carbonyl (C=O) groups is 1. The highest BCUT2D eigenvalue weighted by atomic mass is 16.4. The van der Waals surface area contributed by atoms with Gasteiger partial charge in [0.25, 0.3) is 0 Å². The summed E-state index contributed by atoms with van der Waals surface area (Å²) in [6, 6.07) is 8.86. The van der Waals surface area contributed by atoms with Gasteiger partial charge < -0.3 is 15.5 Å². The topological polar surface area (TPSA) is 69.6 Å². The monoisotopic (exact) mass is 195 g/mol. The fourth-order valence-electron chi connectivity index (χ4n) is 1.29. The molecule has 1 aromatic rings. The molecule has 0 heterocycles. The van der Waals surface area contributed by atoms with Crippen molar-refractivity contribution >= 4 is 6.09 Å². The highest BCUT2D eigenvalue weighted by Crippen LogP contribution is 2.15. The van der Waals surface area contributed by atoms with Gasteiger partial charge in [-0.1, -0.05) is 30.3 Å². The van der Waals surface area contributed by atoms with Gasteiger partial charge in [0.15, 0.2) is 0 Å². The van der Waals surface area contributed by atoms with E-state index in [4.69, 9.17) is 10.2 Å². The number of amides is 1. The van der Waals surface area contributed by atoms with Crippen LogP contribution in [0.2, 0.25) is 0 Å². The van der Waals surface area contributed by atoms with E-state index in [0.717, 1.165) is 5.56 Å². The Labute approximate surface area is 82.2 Å². The highest BCUT2D eigenvalue weighted by Gasteiger charge is 2.12. The lowest BCUT2D eigenvalue weighted by atomic mass is 10.0. The Kier molecular flexibility index (Phi) is 3.94. The molecule has 0 aliphatic rings. The molecule has 1 unspecified atom stereocenters. The van der Waals surface area contributed by atoms with Crippen LogP contribution in [0, 0.1) is 0 Å². The van der Waals surface area contributed by atoms with Crippen LogP contribution in [-0.2, 0) is 0 Å². The first-order valence-corrected chi connectivity index (χ1v) is 4.39. The summed E-state index contributed by atoms with van der Waals surface area (Å²) >= 11 is 0. The third kappa shape index (κ3) is 3.06. The molecule has 14 heavy (non-hydrogen) atoms. The predicted octanol–water partition coefficient (Wildman–Crippen LogP) is 1.38. The van der Waals surface area contributed by atoms with Gasteiger partial charge in [0.05, 0.1) is 6.04 Å². The van der Waals surface area contributed by atoms with Crippen LogP contribution in [-0.4, -0.2) is 22.9 Å². The normalized spacial score (nSPS) is 12.1. The summed E-state index contributed by atoms with van der Waals surface area (Å²) in [6.07, 6.45) is -0.691. The lowest BCUT2D eigenvalue weighted by Gasteiger charge is -2.15. The van der Waals surface area contributed by atoms with Crippen LogP contribution in [0.25, 0.3) is 0 Å². The minimum atomic E-state index is -1.08. The maximum atomic E-state index is 10.5. The van der Waals surface area contributed by atoms with Crippen molar-refractivity contribution in [3.63, 3.8) is 0 Å². The van der Waals surface area contributed by atoms with Gasteiger partial charge in [0.1, 0.15) is 0 Å². The molecule has 1 rings (SSSR count). The minimum absolute atomic E-state index is 0.0418. The van der Waals surface area contributed by atoms with Gasteiger partial charge in [-0.25, -0.2) is 4.79 Å². The standard InChI is InChI=1S/C10H13NO3/c12-7-6-9(11-10(13)14)8-4-2-1-3-5-8/h1-5,9,11-12H,6-7H2,(H,13,14). The second kappa shape index (κ2) is 5.24. The second-order valence-electron chi connectivity index (χ2n) is 2.93. The lowest BCUT2D eigenvalue weighted by Crippen LogP contribution is -2.27. The molecule has 0 spiro atoms. The van der Waals surface area contributed by atoms with E-state index >= 15 is 0 Å². The largest absolute Gasteiger partial charge is 0.465 e. The number of benzene rings is 1. The maximum absolute atomic E-state index is 10.5. The van der Waals surface area contributed by atoms with Crippen LogP contribution in [0.1, 0.15) is 18.0 Å². The first kappa shape index (κ1) is 10.5. The fraction of sp³-hybridized carbons (Fsp3) is 0.300. The van der Waals surface area contributed by atoms with Crippen LogP contribution >= 0.6 is 0 Å². The van der Waals surface area contributed by atoms with E-state index in [-0.39, 0.29) is 12.6 Å². The summed E-state index contributed by atoms with van der Waals surface area (Å²) in [5, 5.41) is 19.7. The highest BCUT2D eigenvalue weighted by molar-refractivity contribution is 5.65. The van der Waals surface area contributed by atoms with Crippen molar-refractivity contribution in [3.05, 3.63) is 35.9 Å². The van der Waals surface area contributed by atoms with Crippen molar-refractivity contribution in [2.24, 2.45) is 0 Å². The number of rotatable bonds is 4. The number of aliphatic hydroxyl groups is 1. The Balaban J connectivity index is 2.72. The quantitative estimate of drug-likeness (QED) is 0.679. The van der Waals surface area contributed by atoms with Crippen LogP contribution in [0.15, 0.2) is 30.3 Å². The molecular weight excluding hydrogens is 182 g/mol. The molecule has 4 nitrogen and oxygen atoms in total. The van der Waals surface area contributed by atoms with E-state index in [1.54, 1.807) is 0 Å². The van der Waals surface area contributed by atoms with Gasteiger partial charge >= 0.3 is 6.09 Å².